The van der Waals surface area contributed by atoms with E-state index < -0.39 is 0 Å². The summed E-state index contributed by atoms with van der Waals surface area (Å²) in [5.41, 5.74) is 5.90. The number of rotatable bonds is 7. The first kappa shape index (κ1) is 20.6. The number of thiazole rings is 2. The molecule has 4 nitrogen and oxygen atoms in total. The molecule has 152 valence electrons. The third kappa shape index (κ3) is 4.55. The van der Waals surface area contributed by atoms with Crippen molar-refractivity contribution in [1.29, 1.82) is 0 Å². The van der Waals surface area contributed by atoms with Gasteiger partial charge in [0.2, 0.25) is 0 Å². The largest absolute Gasteiger partial charge is 0.294 e. The smallest absolute Gasteiger partial charge is 0.168 e. The lowest BCUT2D eigenvalue weighted by Gasteiger charge is -2.07. The zero-order chi connectivity index (χ0) is 21.1. The molecule has 3 heterocycles. The zero-order valence-corrected chi connectivity index (χ0v) is 18.9. The quantitative estimate of drug-likeness (QED) is 0.343. The summed E-state index contributed by atoms with van der Waals surface area (Å²) in [4.78, 5) is 27.6. The Bertz CT molecular complexity index is 1180. The van der Waals surface area contributed by atoms with Gasteiger partial charge < -0.3 is 0 Å². The van der Waals surface area contributed by atoms with E-state index in [-0.39, 0.29) is 5.78 Å². The third-order valence-electron chi connectivity index (χ3n) is 5.02. The maximum absolute atomic E-state index is 12.7. The predicted molar refractivity (Wildman–Crippen MR) is 124 cm³/mol. The van der Waals surface area contributed by atoms with Crippen molar-refractivity contribution in [2.45, 2.75) is 40.0 Å². The van der Waals surface area contributed by atoms with E-state index in [1.165, 1.54) is 5.56 Å². The monoisotopic (exact) mass is 433 g/mol. The molecule has 1 aromatic carbocycles. The molecule has 0 aliphatic rings. The molecule has 0 aliphatic heterocycles. The van der Waals surface area contributed by atoms with Crippen LogP contribution in [0.25, 0.3) is 10.6 Å². The first-order valence-corrected chi connectivity index (χ1v) is 11.7. The first-order valence-electron chi connectivity index (χ1n) is 9.97. The van der Waals surface area contributed by atoms with Crippen LogP contribution in [0.15, 0.2) is 48.0 Å². The van der Waals surface area contributed by atoms with E-state index in [1.807, 2.05) is 44.2 Å². The van der Waals surface area contributed by atoms with Crippen LogP contribution in [0.3, 0.4) is 0 Å². The lowest BCUT2D eigenvalue weighted by Crippen LogP contribution is -2.06. The van der Waals surface area contributed by atoms with Crippen molar-refractivity contribution < 1.29 is 4.79 Å². The molecule has 0 spiro atoms. The van der Waals surface area contributed by atoms with E-state index in [4.69, 9.17) is 4.98 Å². The second-order valence-corrected chi connectivity index (χ2v) is 9.36. The maximum Gasteiger partial charge on any atom is 0.168 e. The molecule has 0 saturated carbocycles. The molecule has 0 atom stereocenters. The Hall–Kier alpha value is -2.70. The van der Waals surface area contributed by atoms with Crippen LogP contribution in [0.5, 0.6) is 0 Å². The van der Waals surface area contributed by atoms with Crippen LogP contribution in [0.4, 0.5) is 0 Å². The van der Waals surface area contributed by atoms with Crippen LogP contribution >= 0.6 is 22.7 Å². The molecule has 0 N–H and O–H groups in total. The average molecular weight is 434 g/mol. The molecule has 4 rings (SSSR count). The van der Waals surface area contributed by atoms with Crippen molar-refractivity contribution in [2.24, 2.45) is 0 Å². The van der Waals surface area contributed by atoms with Gasteiger partial charge in [0.25, 0.3) is 0 Å². The van der Waals surface area contributed by atoms with Gasteiger partial charge in [0.15, 0.2) is 5.78 Å². The number of nitrogens with zero attached hydrogens (tertiary/aromatic N) is 3. The number of benzene rings is 1. The number of aryl methyl sites for hydroxylation is 3. The number of Topliss-reactive ketones (excluding diaryl/α,β-unsaturated/α-hetero) is 1. The van der Waals surface area contributed by atoms with Crippen LogP contribution in [0, 0.1) is 13.8 Å². The Balaban J connectivity index is 1.44. The zero-order valence-electron chi connectivity index (χ0n) is 17.3. The fourth-order valence-corrected chi connectivity index (χ4v) is 5.22. The summed E-state index contributed by atoms with van der Waals surface area (Å²) in [6.07, 6.45) is 3.69. The van der Waals surface area contributed by atoms with E-state index in [1.54, 1.807) is 28.9 Å². The van der Waals surface area contributed by atoms with E-state index >= 15 is 0 Å². The SMILES string of the molecule is CCc1ccccc1CC(=O)c1ccc(Cc2nc(-c3sc(C)nc3C)cs2)nc1. The normalized spacial score (nSPS) is 11.0. The van der Waals surface area contributed by atoms with Gasteiger partial charge in [-0.3, -0.25) is 9.78 Å². The minimum Gasteiger partial charge on any atom is -0.294 e. The first-order chi connectivity index (χ1) is 14.5. The second-order valence-electron chi connectivity index (χ2n) is 7.21. The topological polar surface area (TPSA) is 55.7 Å². The van der Waals surface area contributed by atoms with E-state index in [0.717, 1.165) is 44.0 Å². The third-order valence-corrected chi connectivity index (χ3v) is 6.96. The van der Waals surface area contributed by atoms with Crippen LogP contribution in [0.2, 0.25) is 0 Å². The molecule has 0 radical (unpaired) electrons. The van der Waals surface area contributed by atoms with Gasteiger partial charge in [-0.2, -0.15) is 0 Å². The average Bonchev–Trinajstić information content (AvgIpc) is 3.34. The standard InChI is InChI=1S/C24H23N3OS2/c1-4-17-7-5-6-8-18(17)11-22(28)19-9-10-20(25-13-19)12-23-27-21(14-29-23)24-15(2)26-16(3)30-24/h5-10,13-14H,4,11-12H2,1-3H3. The van der Waals surface area contributed by atoms with Crippen molar-refractivity contribution in [1.82, 2.24) is 15.0 Å². The van der Waals surface area contributed by atoms with Gasteiger partial charge in [0.05, 0.1) is 26.3 Å². The van der Waals surface area contributed by atoms with Crippen LogP contribution in [0.1, 0.15) is 49.8 Å². The number of pyridine rings is 1. The molecular formula is C24H23N3OS2. The molecule has 6 heteroatoms. The predicted octanol–water partition coefficient (Wildman–Crippen LogP) is 5.86. The minimum atomic E-state index is 0.0996. The van der Waals surface area contributed by atoms with Crippen molar-refractivity contribution >= 4 is 28.5 Å². The molecule has 0 bridgehead atoms. The van der Waals surface area contributed by atoms with Crippen LogP contribution in [-0.4, -0.2) is 20.7 Å². The summed E-state index contributed by atoms with van der Waals surface area (Å²) in [6.45, 7) is 6.15. The second kappa shape index (κ2) is 8.98. The summed E-state index contributed by atoms with van der Waals surface area (Å²) >= 11 is 3.31. The Morgan fingerprint density at radius 3 is 2.50 bits per heavy atom. The van der Waals surface area contributed by atoms with Crippen LogP contribution in [-0.2, 0) is 19.3 Å². The highest BCUT2D eigenvalue weighted by Gasteiger charge is 2.13. The van der Waals surface area contributed by atoms with Gasteiger partial charge in [-0.25, -0.2) is 9.97 Å². The number of carbonyl (C=O) groups is 1. The number of aromatic nitrogens is 3. The highest BCUT2D eigenvalue weighted by atomic mass is 32.1. The lowest BCUT2D eigenvalue weighted by molar-refractivity contribution is 0.0992. The molecule has 4 aromatic rings. The Morgan fingerprint density at radius 2 is 1.83 bits per heavy atom. The molecule has 0 aliphatic carbocycles. The van der Waals surface area contributed by atoms with Crippen molar-refractivity contribution in [3.05, 3.63) is 86.1 Å². The molecule has 0 amide bonds. The Labute approximate surface area is 184 Å². The summed E-state index contributed by atoms with van der Waals surface area (Å²) in [5.74, 6) is 0.0996. The Morgan fingerprint density at radius 1 is 1.03 bits per heavy atom. The van der Waals surface area contributed by atoms with Gasteiger partial charge in [0.1, 0.15) is 0 Å². The summed E-state index contributed by atoms with van der Waals surface area (Å²) in [7, 11) is 0. The van der Waals surface area contributed by atoms with E-state index in [2.05, 4.69) is 28.3 Å². The molecule has 0 unspecified atom stereocenters. The highest BCUT2D eigenvalue weighted by Crippen LogP contribution is 2.31. The van der Waals surface area contributed by atoms with Crippen molar-refractivity contribution in [3.8, 4) is 10.6 Å². The molecular weight excluding hydrogens is 410 g/mol. The molecule has 3 aromatic heterocycles. The fourth-order valence-electron chi connectivity index (χ4n) is 3.46. The maximum atomic E-state index is 12.7. The van der Waals surface area contributed by atoms with Gasteiger partial charge in [-0.15, -0.1) is 22.7 Å². The molecule has 0 fully saturated rings. The Kier molecular flexibility index (Phi) is 6.16. The number of hydrogen-bond acceptors (Lipinski definition) is 6. The number of hydrogen-bond donors (Lipinski definition) is 0. The molecule has 0 saturated heterocycles. The summed E-state index contributed by atoms with van der Waals surface area (Å²) in [6, 6.07) is 11.9. The van der Waals surface area contributed by atoms with Crippen LogP contribution < -0.4 is 0 Å². The van der Waals surface area contributed by atoms with Gasteiger partial charge >= 0.3 is 0 Å². The van der Waals surface area contributed by atoms with E-state index in [0.29, 0.717) is 18.4 Å². The van der Waals surface area contributed by atoms with Crippen molar-refractivity contribution in [2.75, 3.05) is 0 Å². The summed E-state index contributed by atoms with van der Waals surface area (Å²) < 4.78 is 0. The lowest BCUT2D eigenvalue weighted by atomic mass is 9.98. The van der Waals surface area contributed by atoms with E-state index in [9.17, 15) is 4.79 Å². The molecule has 30 heavy (non-hydrogen) atoms. The van der Waals surface area contributed by atoms with Gasteiger partial charge in [0, 0.05) is 35.7 Å². The number of ketones is 1. The number of carbonyl (C=O) groups excluding carboxylic acids is 1. The minimum absolute atomic E-state index is 0.0996. The summed E-state index contributed by atoms with van der Waals surface area (Å²) in [5, 5.41) is 4.15. The van der Waals surface area contributed by atoms with Crippen molar-refractivity contribution in [3.63, 3.8) is 0 Å². The fraction of sp³-hybridized carbons (Fsp3) is 0.250. The van der Waals surface area contributed by atoms with Gasteiger partial charge in [-0.05, 0) is 43.5 Å². The van der Waals surface area contributed by atoms with Gasteiger partial charge in [-0.1, -0.05) is 31.2 Å². The highest BCUT2D eigenvalue weighted by molar-refractivity contribution is 7.15.